The minimum Gasteiger partial charge on any atom is -0.306 e. The number of aryl methyl sites for hydroxylation is 1. The molecule has 22 heavy (non-hydrogen) atoms. The third-order valence-electron chi connectivity index (χ3n) is 5.49. The Balaban J connectivity index is 1.51. The van der Waals surface area contributed by atoms with Crippen molar-refractivity contribution in [3.63, 3.8) is 0 Å². The Morgan fingerprint density at radius 3 is 2.95 bits per heavy atom. The third-order valence-corrected chi connectivity index (χ3v) is 5.49. The predicted octanol–water partition coefficient (Wildman–Crippen LogP) is 2.56. The maximum atomic E-state index is 4.55. The number of likely N-dealkylation sites (tertiary alicyclic amines) is 2. The molecule has 0 aromatic carbocycles. The lowest BCUT2D eigenvalue weighted by atomic mass is 9.79. The summed E-state index contributed by atoms with van der Waals surface area (Å²) in [6.45, 7) is 8.19. The molecule has 4 heteroatoms. The molecule has 0 radical (unpaired) electrons. The van der Waals surface area contributed by atoms with Crippen LogP contribution in [0.5, 0.6) is 0 Å². The van der Waals surface area contributed by atoms with E-state index in [2.05, 4.69) is 51.5 Å². The fourth-order valence-electron chi connectivity index (χ4n) is 4.43. The number of nitrogens with zero attached hydrogens (tertiary/aromatic N) is 4. The second-order valence-electron chi connectivity index (χ2n) is 7.49. The molecule has 1 atom stereocenters. The van der Waals surface area contributed by atoms with Crippen molar-refractivity contribution in [3.05, 3.63) is 35.8 Å². The van der Waals surface area contributed by atoms with E-state index >= 15 is 0 Å². The van der Waals surface area contributed by atoms with Crippen molar-refractivity contribution < 1.29 is 0 Å². The van der Waals surface area contributed by atoms with E-state index in [1.54, 1.807) is 0 Å². The Bertz CT molecular complexity index is 677. The quantitative estimate of drug-likeness (QED) is 0.851. The highest BCUT2D eigenvalue weighted by molar-refractivity contribution is 5.41. The lowest BCUT2D eigenvalue weighted by Gasteiger charge is -2.38. The van der Waals surface area contributed by atoms with E-state index in [-0.39, 0.29) is 0 Å². The molecule has 2 aliphatic heterocycles. The number of hydrogen-bond donors (Lipinski definition) is 0. The number of aromatic nitrogens is 2. The van der Waals surface area contributed by atoms with Crippen molar-refractivity contribution in [2.75, 3.05) is 33.2 Å². The standard InChI is InChI=1S/C18H26N4/c1-15-4-5-17-19-10-16(22(17)11-15)12-21-9-7-18(14-21)6-3-8-20(2)13-18/h4-5,10-11H,3,6-9,12-14H2,1-2H3. The lowest BCUT2D eigenvalue weighted by molar-refractivity contribution is 0.112. The maximum Gasteiger partial charge on any atom is 0.136 e. The van der Waals surface area contributed by atoms with Gasteiger partial charge in [0.25, 0.3) is 0 Å². The molecule has 2 saturated heterocycles. The van der Waals surface area contributed by atoms with Crippen LogP contribution in [-0.4, -0.2) is 52.4 Å². The van der Waals surface area contributed by atoms with Crippen LogP contribution in [0.25, 0.3) is 5.65 Å². The van der Waals surface area contributed by atoms with E-state index in [1.807, 2.05) is 6.20 Å². The summed E-state index contributed by atoms with van der Waals surface area (Å²) in [6, 6.07) is 4.25. The topological polar surface area (TPSA) is 23.8 Å². The summed E-state index contributed by atoms with van der Waals surface area (Å²) < 4.78 is 2.26. The first-order valence-corrected chi connectivity index (χ1v) is 8.47. The van der Waals surface area contributed by atoms with Gasteiger partial charge < -0.3 is 9.30 Å². The number of hydrogen-bond acceptors (Lipinski definition) is 3. The van der Waals surface area contributed by atoms with E-state index in [9.17, 15) is 0 Å². The Morgan fingerprint density at radius 1 is 1.18 bits per heavy atom. The number of piperidine rings is 1. The molecule has 2 aromatic rings. The van der Waals surface area contributed by atoms with Gasteiger partial charge in [-0.3, -0.25) is 4.90 Å². The van der Waals surface area contributed by atoms with Crippen molar-refractivity contribution in [3.8, 4) is 0 Å². The highest BCUT2D eigenvalue weighted by atomic mass is 15.2. The minimum atomic E-state index is 0.545. The van der Waals surface area contributed by atoms with E-state index in [0.29, 0.717) is 5.41 Å². The molecule has 0 saturated carbocycles. The fourth-order valence-corrected chi connectivity index (χ4v) is 4.43. The number of rotatable bonds is 2. The van der Waals surface area contributed by atoms with Crippen LogP contribution in [0.2, 0.25) is 0 Å². The van der Waals surface area contributed by atoms with Gasteiger partial charge in [0.1, 0.15) is 5.65 Å². The summed E-state index contributed by atoms with van der Waals surface area (Å²) in [5.74, 6) is 0. The molecule has 0 N–H and O–H groups in total. The van der Waals surface area contributed by atoms with Gasteiger partial charge in [0.2, 0.25) is 0 Å². The molecule has 118 valence electrons. The first kappa shape index (κ1) is 14.2. The largest absolute Gasteiger partial charge is 0.306 e. The first-order valence-electron chi connectivity index (χ1n) is 8.47. The summed E-state index contributed by atoms with van der Waals surface area (Å²) in [5.41, 5.74) is 4.22. The Morgan fingerprint density at radius 2 is 2.09 bits per heavy atom. The molecular formula is C18H26N4. The zero-order valence-corrected chi connectivity index (χ0v) is 13.8. The maximum absolute atomic E-state index is 4.55. The van der Waals surface area contributed by atoms with Gasteiger partial charge in [-0.2, -0.15) is 0 Å². The zero-order chi connectivity index (χ0) is 15.2. The second-order valence-corrected chi connectivity index (χ2v) is 7.49. The molecular weight excluding hydrogens is 272 g/mol. The van der Waals surface area contributed by atoms with Gasteiger partial charge in [-0.15, -0.1) is 0 Å². The molecule has 0 bridgehead atoms. The van der Waals surface area contributed by atoms with Crippen LogP contribution in [0.3, 0.4) is 0 Å². The summed E-state index contributed by atoms with van der Waals surface area (Å²) in [4.78, 5) is 9.69. The monoisotopic (exact) mass is 298 g/mol. The molecule has 4 heterocycles. The molecule has 1 unspecified atom stereocenters. The van der Waals surface area contributed by atoms with Crippen molar-refractivity contribution in [2.24, 2.45) is 5.41 Å². The SMILES string of the molecule is Cc1ccc2ncc(CN3CCC4(CCCN(C)C4)C3)n2c1. The summed E-state index contributed by atoms with van der Waals surface area (Å²) in [5, 5.41) is 0. The summed E-state index contributed by atoms with van der Waals surface area (Å²) >= 11 is 0. The lowest BCUT2D eigenvalue weighted by Crippen LogP contribution is -2.42. The van der Waals surface area contributed by atoms with Crippen molar-refractivity contribution in [1.29, 1.82) is 0 Å². The van der Waals surface area contributed by atoms with Crippen LogP contribution < -0.4 is 0 Å². The molecule has 2 fully saturated rings. The van der Waals surface area contributed by atoms with E-state index in [0.717, 1.165) is 12.2 Å². The van der Waals surface area contributed by atoms with E-state index < -0.39 is 0 Å². The van der Waals surface area contributed by atoms with Crippen molar-refractivity contribution in [1.82, 2.24) is 19.2 Å². The Labute approximate surface area is 132 Å². The number of pyridine rings is 1. The number of fused-ring (bicyclic) bond motifs is 1. The van der Waals surface area contributed by atoms with Crippen LogP contribution in [0.4, 0.5) is 0 Å². The zero-order valence-electron chi connectivity index (χ0n) is 13.8. The molecule has 0 amide bonds. The van der Waals surface area contributed by atoms with Crippen molar-refractivity contribution in [2.45, 2.75) is 32.7 Å². The fraction of sp³-hybridized carbons (Fsp3) is 0.611. The molecule has 2 aromatic heterocycles. The third kappa shape index (κ3) is 2.55. The van der Waals surface area contributed by atoms with E-state index in [4.69, 9.17) is 0 Å². The van der Waals surface area contributed by atoms with E-state index in [1.165, 1.54) is 56.7 Å². The van der Waals surface area contributed by atoms with Gasteiger partial charge in [0, 0.05) is 25.8 Å². The first-order chi connectivity index (χ1) is 10.6. The smallest absolute Gasteiger partial charge is 0.136 e. The Hall–Kier alpha value is -1.39. The van der Waals surface area contributed by atoms with Crippen LogP contribution in [0.1, 0.15) is 30.5 Å². The molecule has 4 nitrogen and oxygen atoms in total. The van der Waals surface area contributed by atoms with Gasteiger partial charge >= 0.3 is 0 Å². The molecule has 1 spiro atoms. The number of imidazole rings is 1. The minimum absolute atomic E-state index is 0.545. The average molecular weight is 298 g/mol. The highest BCUT2D eigenvalue weighted by Gasteiger charge is 2.40. The Kier molecular flexibility index (Phi) is 3.46. The summed E-state index contributed by atoms with van der Waals surface area (Å²) in [6.07, 6.45) is 8.37. The van der Waals surface area contributed by atoms with Gasteiger partial charge in [-0.25, -0.2) is 4.98 Å². The molecule has 4 rings (SSSR count). The van der Waals surface area contributed by atoms with Gasteiger partial charge in [-0.05, 0) is 63.4 Å². The van der Waals surface area contributed by atoms with Crippen LogP contribution in [-0.2, 0) is 6.54 Å². The van der Waals surface area contributed by atoms with Crippen LogP contribution >= 0.6 is 0 Å². The summed E-state index contributed by atoms with van der Waals surface area (Å²) in [7, 11) is 2.27. The predicted molar refractivity (Wildman–Crippen MR) is 89.0 cm³/mol. The van der Waals surface area contributed by atoms with Crippen molar-refractivity contribution >= 4 is 5.65 Å². The average Bonchev–Trinajstić information content (AvgIpc) is 3.04. The normalized spacial score (nSPS) is 27.2. The molecule has 2 aliphatic rings. The molecule has 0 aliphatic carbocycles. The second kappa shape index (κ2) is 5.36. The van der Waals surface area contributed by atoms with Gasteiger partial charge in [-0.1, -0.05) is 6.07 Å². The van der Waals surface area contributed by atoms with Gasteiger partial charge in [0.05, 0.1) is 11.9 Å². The highest BCUT2D eigenvalue weighted by Crippen LogP contribution is 2.38. The van der Waals surface area contributed by atoms with Crippen LogP contribution in [0.15, 0.2) is 24.5 Å². The van der Waals surface area contributed by atoms with Gasteiger partial charge in [0.15, 0.2) is 0 Å². The van der Waals surface area contributed by atoms with Crippen LogP contribution in [0, 0.1) is 12.3 Å².